The first-order valence-electron chi connectivity index (χ1n) is 16.8. The topological polar surface area (TPSA) is 30.7 Å². The van der Waals surface area contributed by atoms with E-state index in [0.29, 0.717) is 0 Å². The number of nitrogens with zero attached hydrogens (tertiary/aromatic N) is 3. The second-order valence-corrected chi connectivity index (χ2v) is 13.6. The first kappa shape index (κ1) is 28.6. The van der Waals surface area contributed by atoms with E-state index in [4.69, 9.17) is 9.97 Å². The van der Waals surface area contributed by atoms with Crippen LogP contribution in [0.2, 0.25) is 0 Å². The van der Waals surface area contributed by atoms with E-state index in [-0.39, 0.29) is 0 Å². The number of hydrogen-bond donors (Lipinski definition) is 0. The van der Waals surface area contributed by atoms with Crippen LogP contribution in [0.3, 0.4) is 0 Å². The van der Waals surface area contributed by atoms with E-state index in [1.54, 1.807) is 0 Å². The Morgan fingerprint density at radius 3 is 1.76 bits per heavy atom. The van der Waals surface area contributed by atoms with Crippen LogP contribution < -0.4 is 0 Å². The van der Waals surface area contributed by atoms with E-state index < -0.39 is 0 Å². The minimum Gasteiger partial charge on any atom is -0.308 e. The molecule has 0 atom stereocenters. The number of thiophene rings is 1. The number of rotatable bonds is 5. The van der Waals surface area contributed by atoms with E-state index in [0.717, 1.165) is 39.6 Å². The first-order valence-corrected chi connectivity index (χ1v) is 17.7. The molecule has 234 valence electrons. The van der Waals surface area contributed by atoms with Gasteiger partial charge in [0.15, 0.2) is 5.82 Å². The van der Waals surface area contributed by atoms with Gasteiger partial charge in [-0.2, -0.15) is 0 Å². The molecule has 3 aromatic heterocycles. The van der Waals surface area contributed by atoms with E-state index in [9.17, 15) is 0 Å². The fourth-order valence-corrected chi connectivity index (χ4v) is 8.63. The summed E-state index contributed by atoms with van der Waals surface area (Å²) < 4.78 is 4.94. The van der Waals surface area contributed by atoms with Crippen molar-refractivity contribution in [3.8, 4) is 50.7 Å². The number of para-hydroxylation sites is 1. The third-order valence-corrected chi connectivity index (χ3v) is 10.9. The van der Waals surface area contributed by atoms with Crippen LogP contribution in [0, 0.1) is 0 Å². The zero-order valence-electron chi connectivity index (χ0n) is 27.0. The number of benzene rings is 7. The van der Waals surface area contributed by atoms with E-state index >= 15 is 0 Å². The Labute approximate surface area is 293 Å². The van der Waals surface area contributed by atoms with Gasteiger partial charge in [0.05, 0.1) is 27.1 Å². The van der Waals surface area contributed by atoms with Gasteiger partial charge in [0.2, 0.25) is 0 Å². The number of aromatic nitrogens is 3. The van der Waals surface area contributed by atoms with Crippen molar-refractivity contribution in [2.75, 3.05) is 0 Å². The fourth-order valence-electron chi connectivity index (χ4n) is 7.27. The van der Waals surface area contributed by atoms with Crippen molar-refractivity contribution >= 4 is 53.3 Å². The molecule has 0 N–H and O–H groups in total. The molecule has 0 saturated carbocycles. The first-order chi connectivity index (χ1) is 24.8. The monoisotopic (exact) mass is 655 g/mol. The molecule has 10 aromatic rings. The van der Waals surface area contributed by atoms with Crippen molar-refractivity contribution < 1.29 is 0 Å². The van der Waals surface area contributed by atoms with Crippen LogP contribution in [-0.2, 0) is 0 Å². The van der Waals surface area contributed by atoms with Crippen molar-refractivity contribution in [3.05, 3.63) is 176 Å². The van der Waals surface area contributed by atoms with Crippen molar-refractivity contribution in [1.82, 2.24) is 14.5 Å². The summed E-state index contributed by atoms with van der Waals surface area (Å²) in [4.78, 5) is 10.3. The van der Waals surface area contributed by atoms with Crippen LogP contribution >= 0.6 is 11.3 Å². The molecule has 3 heterocycles. The lowest BCUT2D eigenvalue weighted by molar-refractivity contribution is 1.19. The summed E-state index contributed by atoms with van der Waals surface area (Å²) in [6.07, 6.45) is 0. The Balaban J connectivity index is 1.26. The van der Waals surface area contributed by atoms with Gasteiger partial charge in [0.25, 0.3) is 0 Å². The predicted octanol–water partition coefficient (Wildman–Crippen LogP) is 12.6. The van der Waals surface area contributed by atoms with E-state index in [1.807, 2.05) is 35.6 Å². The third kappa shape index (κ3) is 4.65. The van der Waals surface area contributed by atoms with Crippen LogP contribution in [-0.4, -0.2) is 14.5 Å². The Hall–Kier alpha value is -6.36. The van der Waals surface area contributed by atoms with Crippen LogP contribution in [0.25, 0.3) is 92.7 Å². The van der Waals surface area contributed by atoms with Crippen molar-refractivity contribution in [2.24, 2.45) is 0 Å². The maximum absolute atomic E-state index is 5.21. The Bertz CT molecular complexity index is 2780. The van der Waals surface area contributed by atoms with Crippen LogP contribution in [0.1, 0.15) is 0 Å². The summed E-state index contributed by atoms with van der Waals surface area (Å²) in [5.41, 5.74) is 11.0. The number of fused-ring (bicyclic) bond motifs is 7. The molecule has 0 saturated heterocycles. The van der Waals surface area contributed by atoms with Crippen molar-refractivity contribution in [3.63, 3.8) is 0 Å². The SMILES string of the molecule is c1ccc(-c2ccc3c(c2)c2ccc4c5cccc(-c6cc(-c7ccccc7)nc(-c7ccccc7)n6)c5sc4c2n3-c2ccccc2)cc1. The van der Waals surface area contributed by atoms with Crippen molar-refractivity contribution in [1.29, 1.82) is 0 Å². The Morgan fingerprint density at radius 2 is 1.02 bits per heavy atom. The van der Waals surface area contributed by atoms with Crippen LogP contribution in [0.15, 0.2) is 176 Å². The normalized spacial score (nSPS) is 11.6. The summed E-state index contributed by atoms with van der Waals surface area (Å²) in [6.45, 7) is 0. The summed E-state index contributed by atoms with van der Waals surface area (Å²) in [6, 6.07) is 62.4. The third-order valence-electron chi connectivity index (χ3n) is 9.62. The lowest BCUT2D eigenvalue weighted by Crippen LogP contribution is -1.95. The van der Waals surface area contributed by atoms with Crippen molar-refractivity contribution in [2.45, 2.75) is 0 Å². The summed E-state index contributed by atoms with van der Waals surface area (Å²) in [7, 11) is 0. The highest BCUT2D eigenvalue weighted by atomic mass is 32.1. The van der Waals surface area contributed by atoms with Gasteiger partial charge >= 0.3 is 0 Å². The molecule has 4 heteroatoms. The summed E-state index contributed by atoms with van der Waals surface area (Å²) in [5, 5.41) is 4.99. The molecule has 7 aromatic carbocycles. The van der Waals surface area contributed by atoms with Gasteiger partial charge in [-0.15, -0.1) is 11.3 Å². The van der Waals surface area contributed by atoms with Gasteiger partial charge in [-0.3, -0.25) is 0 Å². The van der Waals surface area contributed by atoms with Gasteiger partial charge in [-0.1, -0.05) is 146 Å². The van der Waals surface area contributed by atoms with E-state index in [1.165, 1.54) is 53.1 Å². The molecule has 0 spiro atoms. The zero-order valence-corrected chi connectivity index (χ0v) is 27.8. The average Bonchev–Trinajstić information content (AvgIpc) is 3.75. The molecular formula is C46H29N3S. The maximum atomic E-state index is 5.21. The second-order valence-electron chi connectivity index (χ2n) is 12.6. The van der Waals surface area contributed by atoms with Gasteiger partial charge in [0, 0.05) is 48.6 Å². The number of hydrogen-bond acceptors (Lipinski definition) is 3. The second kappa shape index (κ2) is 11.7. The maximum Gasteiger partial charge on any atom is 0.160 e. The molecule has 0 aliphatic carbocycles. The summed E-state index contributed by atoms with van der Waals surface area (Å²) >= 11 is 1.86. The van der Waals surface area contributed by atoms with E-state index in [2.05, 4.69) is 156 Å². The van der Waals surface area contributed by atoms with Gasteiger partial charge in [-0.25, -0.2) is 9.97 Å². The fraction of sp³-hybridized carbons (Fsp3) is 0. The van der Waals surface area contributed by atoms with Gasteiger partial charge in [-0.05, 0) is 41.5 Å². The molecule has 0 aliphatic heterocycles. The Morgan fingerprint density at radius 1 is 0.400 bits per heavy atom. The Kier molecular flexibility index (Phi) is 6.68. The predicted molar refractivity (Wildman–Crippen MR) is 211 cm³/mol. The zero-order chi connectivity index (χ0) is 33.0. The highest BCUT2D eigenvalue weighted by Crippen LogP contribution is 2.46. The minimum atomic E-state index is 0.723. The molecule has 0 fully saturated rings. The molecular weight excluding hydrogens is 627 g/mol. The smallest absolute Gasteiger partial charge is 0.160 e. The van der Waals surface area contributed by atoms with Gasteiger partial charge in [0.1, 0.15) is 0 Å². The lowest BCUT2D eigenvalue weighted by atomic mass is 10.0. The quantitative estimate of drug-likeness (QED) is 0.185. The highest BCUT2D eigenvalue weighted by Gasteiger charge is 2.20. The van der Waals surface area contributed by atoms with Crippen LogP contribution in [0.5, 0.6) is 0 Å². The molecule has 0 aliphatic rings. The molecule has 0 unspecified atom stereocenters. The highest BCUT2D eigenvalue weighted by molar-refractivity contribution is 7.27. The minimum absolute atomic E-state index is 0.723. The molecule has 0 radical (unpaired) electrons. The molecule has 50 heavy (non-hydrogen) atoms. The lowest BCUT2D eigenvalue weighted by Gasteiger charge is -2.10. The van der Waals surface area contributed by atoms with Crippen LogP contribution in [0.4, 0.5) is 0 Å². The molecule has 3 nitrogen and oxygen atoms in total. The largest absolute Gasteiger partial charge is 0.308 e. The molecule has 0 amide bonds. The molecule has 10 rings (SSSR count). The molecule has 0 bridgehead atoms. The summed E-state index contributed by atoms with van der Waals surface area (Å²) in [5.74, 6) is 0.723. The van der Waals surface area contributed by atoms with Gasteiger partial charge < -0.3 is 4.57 Å². The average molecular weight is 656 g/mol. The standard InChI is InChI=1S/C46H29N3S/c1-5-14-30(15-6-1)33-24-27-42-39(28-33)35-25-26-37-36-22-13-23-38(44(36)50-45(37)43(35)49(42)34-20-11-4-12-21-34)41-29-40(31-16-7-2-8-17-31)47-46(48-41)32-18-9-3-10-19-32/h1-29H.